The summed E-state index contributed by atoms with van der Waals surface area (Å²) in [6, 6.07) is 19.9. The van der Waals surface area contributed by atoms with Crippen LogP contribution in [0.1, 0.15) is 179 Å². The molecule has 0 bridgehead atoms. The number of ether oxygens (including phenoxy) is 2. The van der Waals surface area contributed by atoms with Crippen molar-refractivity contribution in [2.24, 2.45) is 58.2 Å². The number of carboxylic acid groups (broad SMARTS) is 4. The van der Waals surface area contributed by atoms with Crippen LogP contribution in [-0.4, -0.2) is 73.9 Å². The van der Waals surface area contributed by atoms with Crippen LogP contribution in [0.2, 0.25) is 10.0 Å². The molecule has 10 nitrogen and oxygen atoms in total. The summed E-state index contributed by atoms with van der Waals surface area (Å²) in [6.07, 6.45) is 19.1. The molecule has 0 spiro atoms. The van der Waals surface area contributed by atoms with E-state index in [1.54, 1.807) is 60.7 Å². The van der Waals surface area contributed by atoms with Gasteiger partial charge in [-0.1, -0.05) is 132 Å². The van der Waals surface area contributed by atoms with E-state index in [2.05, 4.69) is 40.7 Å². The van der Waals surface area contributed by atoms with E-state index < -0.39 is 23.9 Å². The van der Waals surface area contributed by atoms with Crippen LogP contribution in [0.15, 0.2) is 78.9 Å². The number of fused-ring (bicyclic) bond motifs is 5. The number of carboxylic acids is 4. The van der Waals surface area contributed by atoms with Gasteiger partial charge in [0.15, 0.2) is 11.5 Å². The van der Waals surface area contributed by atoms with Crippen LogP contribution in [0.4, 0.5) is 0 Å². The summed E-state index contributed by atoms with van der Waals surface area (Å²) in [5.41, 5.74) is 4.52. The molecule has 4 aliphatic carbocycles. The second-order valence-electron chi connectivity index (χ2n) is 23.7. The van der Waals surface area contributed by atoms with Gasteiger partial charge in [0, 0.05) is 29.6 Å². The first-order valence-electron chi connectivity index (χ1n) is 27.4. The Morgan fingerprint density at radius 3 is 1.64 bits per heavy atom. The standard InChI is InChI=1S/C63H76Cl2O10.Na/c1-37(2)8-6-9-38(3)51-22-23-52-48-21-20-46-28-39(24-26-62(46,4)53(48)25-27-63(51,52)5)10-7-11-47(44-31-49(60(70)71)58(54(64)33-44)74-35-42-16-12-40(13-17-42)29-56(66)67)45-32-50(61(72)73)59(55(65)34-45)75-36-43-18-14-41(15-19-43)30-57(68)69;/h11-19,31-34,37-39,46,48,51-53H,6-10,20-30,35-36H2,1-5H3,(H,66,67)(H,68,69)(H,70,71)(H,72,73);/t38?,39-,46-,48-,51+,52-,53-,62-,63+;/m0./s1. The number of aromatic carboxylic acids is 2. The van der Waals surface area contributed by atoms with E-state index in [-0.39, 0.29) is 88.3 Å². The Labute approximate surface area is 481 Å². The van der Waals surface area contributed by atoms with Gasteiger partial charge in [-0.2, -0.15) is 0 Å². The number of benzene rings is 4. The average Bonchev–Trinajstić information content (AvgIpc) is 3.79. The van der Waals surface area contributed by atoms with Crippen molar-refractivity contribution in [1.29, 1.82) is 0 Å². The van der Waals surface area contributed by atoms with Crippen molar-refractivity contribution < 1.29 is 49.1 Å². The molecule has 0 amide bonds. The first kappa shape index (κ1) is 59.3. The molecule has 4 aromatic rings. The van der Waals surface area contributed by atoms with Crippen molar-refractivity contribution >= 4 is 82.2 Å². The van der Waals surface area contributed by atoms with Crippen molar-refractivity contribution in [3.8, 4) is 11.5 Å². The largest absolute Gasteiger partial charge is 0.486 e. The molecule has 403 valence electrons. The number of aliphatic carboxylic acids is 2. The van der Waals surface area contributed by atoms with Crippen LogP contribution in [-0.2, 0) is 35.6 Å². The molecule has 76 heavy (non-hydrogen) atoms. The number of halogens is 2. The third kappa shape index (κ3) is 13.6. The van der Waals surface area contributed by atoms with Gasteiger partial charge in [-0.3, -0.25) is 9.59 Å². The summed E-state index contributed by atoms with van der Waals surface area (Å²) in [5.74, 6) is 1.54. The number of hydrogen-bond donors (Lipinski definition) is 4. The molecule has 0 aliphatic heterocycles. The summed E-state index contributed by atoms with van der Waals surface area (Å²) >= 11 is 13.9. The topological polar surface area (TPSA) is 168 Å². The molecule has 0 saturated heterocycles. The SMILES string of the molecule is CC(C)CCCC(C)[C@H]1CC[C@H]2[C@@H]3CC[C@H]4C[C@@H](CCC=C(c5cc(Cl)c(OCc6ccc(CC(=O)O)cc6)c(C(=O)O)c5)c5cc(Cl)c(OCc6ccc(CC(=O)O)cc6)c(C(=O)O)c5)CC[C@]4(C)[C@H]3CC[C@]12C.[Na]. The second-order valence-corrected chi connectivity index (χ2v) is 24.5. The molecular formula is C63H76Cl2NaO10. The second kappa shape index (κ2) is 25.6. The third-order valence-corrected chi connectivity index (χ3v) is 19.2. The van der Waals surface area contributed by atoms with E-state index in [4.69, 9.17) is 32.7 Å². The predicted molar refractivity (Wildman–Crippen MR) is 300 cm³/mol. The maximum atomic E-state index is 13.0. The zero-order valence-corrected chi connectivity index (χ0v) is 48.9. The van der Waals surface area contributed by atoms with E-state index in [9.17, 15) is 39.6 Å². The third-order valence-electron chi connectivity index (χ3n) is 18.6. The summed E-state index contributed by atoms with van der Waals surface area (Å²) in [5, 5.41) is 39.7. The maximum absolute atomic E-state index is 13.0. The van der Waals surface area contributed by atoms with Gasteiger partial charge in [-0.15, -0.1) is 0 Å². The number of allylic oxidation sites excluding steroid dienone is 1. The molecule has 8 rings (SSSR count). The van der Waals surface area contributed by atoms with Crippen molar-refractivity contribution in [2.45, 2.75) is 151 Å². The summed E-state index contributed by atoms with van der Waals surface area (Å²) < 4.78 is 12.1. The van der Waals surface area contributed by atoms with E-state index in [1.807, 2.05) is 0 Å². The fraction of sp³-hybridized carbons (Fsp3) is 0.524. The molecule has 4 saturated carbocycles. The molecule has 4 aliphatic rings. The Morgan fingerprint density at radius 1 is 0.645 bits per heavy atom. The first-order valence-corrected chi connectivity index (χ1v) is 28.2. The van der Waals surface area contributed by atoms with Crippen molar-refractivity contribution in [1.82, 2.24) is 0 Å². The Kier molecular flexibility index (Phi) is 20.0. The van der Waals surface area contributed by atoms with Gasteiger partial charge in [-0.05, 0) is 192 Å². The molecule has 13 heteroatoms. The Bertz CT molecular complexity index is 2620. The van der Waals surface area contributed by atoms with Crippen molar-refractivity contribution in [3.63, 3.8) is 0 Å². The minimum Gasteiger partial charge on any atom is -0.486 e. The molecular weight excluding hydrogens is 1010 g/mol. The van der Waals surface area contributed by atoms with Gasteiger partial charge in [0.2, 0.25) is 0 Å². The van der Waals surface area contributed by atoms with Gasteiger partial charge in [-0.25, -0.2) is 9.59 Å². The van der Waals surface area contributed by atoms with E-state index in [0.717, 1.165) is 48.3 Å². The molecule has 4 N–H and O–H groups in total. The molecule has 4 aromatic carbocycles. The van der Waals surface area contributed by atoms with Gasteiger partial charge in [0.05, 0.1) is 22.9 Å². The minimum absolute atomic E-state index is 0. The van der Waals surface area contributed by atoms with Gasteiger partial charge in [0.1, 0.15) is 24.3 Å². The van der Waals surface area contributed by atoms with E-state index in [0.29, 0.717) is 68.0 Å². The Balaban J connectivity index is 0.00000840. The quantitative estimate of drug-likeness (QED) is 0.0556. The Hall–Kier alpha value is -4.32. The molecule has 0 heterocycles. The first-order chi connectivity index (χ1) is 35.7. The zero-order valence-electron chi connectivity index (χ0n) is 45.3. The van der Waals surface area contributed by atoms with Gasteiger partial charge in [0.25, 0.3) is 0 Å². The normalized spacial score (nSPS) is 25.0. The molecule has 1 radical (unpaired) electrons. The zero-order chi connectivity index (χ0) is 53.8. The fourth-order valence-corrected chi connectivity index (χ4v) is 15.3. The van der Waals surface area contributed by atoms with Crippen LogP contribution in [0.25, 0.3) is 5.57 Å². The molecule has 0 aromatic heterocycles. The van der Waals surface area contributed by atoms with Gasteiger partial charge < -0.3 is 29.9 Å². The van der Waals surface area contributed by atoms with Crippen LogP contribution in [0.3, 0.4) is 0 Å². The smallest absolute Gasteiger partial charge is 0.339 e. The number of hydrogen-bond acceptors (Lipinski definition) is 6. The summed E-state index contributed by atoms with van der Waals surface area (Å²) in [7, 11) is 0. The number of rotatable bonds is 22. The van der Waals surface area contributed by atoms with Crippen LogP contribution < -0.4 is 9.47 Å². The van der Waals surface area contributed by atoms with E-state index in [1.165, 1.54) is 82.8 Å². The van der Waals surface area contributed by atoms with Gasteiger partial charge >= 0.3 is 23.9 Å². The van der Waals surface area contributed by atoms with E-state index >= 15 is 0 Å². The monoisotopic (exact) mass is 1090 g/mol. The fourth-order valence-electron chi connectivity index (χ4n) is 14.8. The maximum Gasteiger partial charge on any atom is 0.339 e. The van der Waals surface area contributed by atoms with Crippen LogP contribution in [0, 0.1) is 58.2 Å². The average molecular weight is 1090 g/mol. The molecule has 9 atom stereocenters. The van der Waals surface area contributed by atoms with Crippen molar-refractivity contribution in [2.75, 3.05) is 0 Å². The molecule has 1 unspecified atom stereocenters. The van der Waals surface area contributed by atoms with Crippen LogP contribution in [0.5, 0.6) is 11.5 Å². The summed E-state index contributed by atoms with van der Waals surface area (Å²) in [6.45, 7) is 12.5. The minimum atomic E-state index is -1.27. The molecule has 4 fully saturated rings. The number of carbonyl (C=O) groups is 4. The summed E-state index contributed by atoms with van der Waals surface area (Å²) in [4.78, 5) is 48.4. The predicted octanol–water partition coefficient (Wildman–Crippen LogP) is 15.4. The van der Waals surface area contributed by atoms with Crippen molar-refractivity contribution in [3.05, 3.63) is 133 Å². The Morgan fingerprint density at radius 2 is 1.14 bits per heavy atom. The van der Waals surface area contributed by atoms with Crippen LogP contribution >= 0.6 is 23.2 Å².